The summed E-state index contributed by atoms with van der Waals surface area (Å²) in [5, 5.41) is 2.08. The van der Waals surface area contributed by atoms with E-state index in [9.17, 15) is 0 Å². The Kier molecular flexibility index (Phi) is 3070. The number of rotatable bonds is 0. The number of hydrogen-bond acceptors (Lipinski definition) is 6. The summed E-state index contributed by atoms with van der Waals surface area (Å²) in [4.78, 5) is 45.0. The third-order valence-electron chi connectivity index (χ3n) is 0. The molecule has 0 fully saturated rings. The smallest absolute Gasteiger partial charge is 0.281 e. The second-order valence-electron chi connectivity index (χ2n) is 0. The van der Waals surface area contributed by atoms with Crippen molar-refractivity contribution in [2.75, 3.05) is 0 Å². The van der Waals surface area contributed by atoms with Gasteiger partial charge in [0, 0.05) is 0 Å². The standard InChI is InChI=1S/6CO.CH3.W/c6*1-2;;/h;;;;;;1H3;. The van der Waals surface area contributed by atoms with Gasteiger partial charge in [-0.25, -0.2) is 0 Å². The Balaban J connectivity index is -0.00000000817. The van der Waals surface area contributed by atoms with Crippen LogP contribution in [0.3, 0.4) is 0 Å². The van der Waals surface area contributed by atoms with Gasteiger partial charge >= 0.3 is 25.1 Å². The van der Waals surface area contributed by atoms with Crippen LogP contribution in [-0.2, 0) is 48.6 Å². The predicted molar refractivity (Wildman–Crippen MR) is 40.0 cm³/mol. The zero-order chi connectivity index (χ0) is 14.0. The summed E-state index contributed by atoms with van der Waals surface area (Å²) in [7, 11) is 0. The van der Waals surface area contributed by atoms with Crippen LogP contribution in [0.2, 0.25) is 5.31 Å². The maximum absolute atomic E-state index is 7.50. The molecule has 0 spiro atoms. The van der Waals surface area contributed by atoms with Crippen molar-refractivity contribution in [2.24, 2.45) is 0 Å². The molecule has 7 heteroatoms. The first-order valence-electron chi connectivity index (χ1n) is 1.63. The minimum atomic E-state index is 1.58. The van der Waals surface area contributed by atoms with Crippen molar-refractivity contribution in [3.05, 3.63) is 0 Å². The fraction of sp³-hybridized carbons (Fsp3) is 0.143. The minimum absolute atomic E-state index is 1.58. The molecule has 0 saturated heterocycles. The molecule has 73 valence electrons. The van der Waals surface area contributed by atoms with Crippen LogP contribution in [0.4, 0.5) is 0 Å². The summed E-state index contributed by atoms with van der Waals surface area (Å²) in [5.41, 5.74) is 0. The topological polar surface area (TPSA) is 102 Å². The summed E-state index contributed by atoms with van der Waals surface area (Å²) < 4.78 is 0. The van der Waals surface area contributed by atoms with Crippen molar-refractivity contribution in [1.29, 1.82) is 0 Å². The van der Waals surface area contributed by atoms with Crippen LogP contribution >= 0.6 is 0 Å². The molecule has 0 heterocycles. The molecule has 0 aliphatic carbocycles. The van der Waals surface area contributed by atoms with Crippen LogP contribution in [0.5, 0.6) is 0 Å². The van der Waals surface area contributed by atoms with Crippen LogP contribution < -0.4 is 0 Å². The zero-order valence-corrected chi connectivity index (χ0v) is 9.79. The Morgan fingerprint density at radius 2 is 0.429 bits per heavy atom. The van der Waals surface area contributed by atoms with Gasteiger partial charge in [0.25, 0.3) is 40.7 Å². The molecule has 0 saturated carbocycles. The van der Waals surface area contributed by atoms with Crippen LogP contribution in [0.15, 0.2) is 0 Å². The third-order valence-corrected chi connectivity index (χ3v) is 0. The summed E-state index contributed by atoms with van der Waals surface area (Å²) in [5.74, 6) is 0. The molecular formula is C7H3O6W. The van der Waals surface area contributed by atoms with Crippen LogP contribution in [0.1, 0.15) is 0 Å². The molecule has 0 bridgehead atoms. The Morgan fingerprint density at radius 3 is 0.429 bits per heavy atom. The molecule has 0 aliphatic heterocycles. The molecule has 0 atom stereocenters. The summed E-state index contributed by atoms with van der Waals surface area (Å²) in [6.07, 6.45) is 0. The summed E-state index contributed by atoms with van der Waals surface area (Å²) in [6, 6.07) is 0. The largest absolute Gasteiger partial charge is 0.281 e. The van der Waals surface area contributed by atoms with Crippen LogP contribution in [0, 0.1) is 0 Å². The second-order valence-corrected chi connectivity index (χ2v) is 0. The maximum atomic E-state index is 7.50. The molecule has 0 rings (SSSR count). The van der Waals surface area contributed by atoms with Crippen LogP contribution in [0.25, 0.3) is 0 Å². The summed E-state index contributed by atoms with van der Waals surface area (Å²) in [6.45, 7) is 27.0. The van der Waals surface area contributed by atoms with E-state index in [4.69, 9.17) is 28.8 Å². The fourth-order valence-corrected chi connectivity index (χ4v) is 0. The molecule has 6 nitrogen and oxygen atoms in total. The first kappa shape index (κ1) is 53.5. The molecule has 12 radical (unpaired) electrons. The van der Waals surface area contributed by atoms with Gasteiger partial charge in [0.05, 0.1) is 0 Å². The van der Waals surface area contributed by atoms with Crippen molar-refractivity contribution in [1.82, 2.24) is 0 Å². The van der Waals surface area contributed by atoms with Gasteiger partial charge in [-0.3, -0.25) is 28.8 Å². The van der Waals surface area contributed by atoms with E-state index in [-0.39, 0.29) is 0 Å². The monoisotopic (exact) mass is 367 g/mol. The Morgan fingerprint density at radius 1 is 0.429 bits per heavy atom. The molecule has 0 aromatic rings. The van der Waals surface area contributed by atoms with E-state index in [1.807, 2.05) is 0 Å². The van der Waals surface area contributed by atoms with Gasteiger partial charge in [-0.1, -0.05) is 0 Å². The minimum Gasteiger partial charge on any atom is -0.281 e. The maximum Gasteiger partial charge on any atom is 0.281 e. The average molecular weight is 367 g/mol. The molecule has 14 heavy (non-hydrogen) atoms. The van der Waals surface area contributed by atoms with Gasteiger partial charge in [0.1, 0.15) is 0 Å². The Labute approximate surface area is 95.0 Å². The fourth-order valence-electron chi connectivity index (χ4n) is 0. The van der Waals surface area contributed by atoms with Crippen molar-refractivity contribution in [3.63, 3.8) is 0 Å². The third kappa shape index (κ3) is 605. The van der Waals surface area contributed by atoms with E-state index >= 15 is 0 Å². The van der Waals surface area contributed by atoms with Crippen molar-refractivity contribution in [2.45, 2.75) is 5.31 Å². The Bertz CT molecular complexity index is 33.7. The van der Waals surface area contributed by atoms with Crippen LogP contribution in [-0.4, -0.2) is 40.7 Å². The quantitative estimate of drug-likeness (QED) is 0.501. The zero-order valence-electron chi connectivity index (χ0n) is 6.86. The molecule has 0 amide bonds. The second kappa shape index (κ2) is 805. The van der Waals surface area contributed by atoms with E-state index in [1.165, 1.54) is 0 Å². The first-order valence-corrected chi connectivity index (χ1v) is 4.57. The molecule has 0 unspecified atom stereocenters. The average Bonchev–Trinajstić information content (AvgIpc) is 2.45. The first-order chi connectivity index (χ1) is 7.00. The van der Waals surface area contributed by atoms with E-state index in [1.54, 1.807) is 19.8 Å². The van der Waals surface area contributed by atoms with Crippen molar-refractivity contribution < 1.29 is 48.6 Å². The number of carbonyl (C=O) groups excluding carboxylic acids is 6. The predicted octanol–water partition coefficient (Wildman–Crippen LogP) is -1.80. The molecule has 0 aromatic carbocycles. The molecule has 0 N–H and O–H groups in total. The normalized spacial score (nSPS) is 2.07. The SMILES string of the molecule is [CH3][W].[C]=O.[C]=O.[C]=O.[C]=O.[C]=O.[C]=O. The van der Waals surface area contributed by atoms with Gasteiger partial charge in [-0.2, -0.15) is 0 Å². The van der Waals surface area contributed by atoms with E-state index in [0.717, 1.165) is 0 Å². The molecule has 0 aromatic heterocycles. The van der Waals surface area contributed by atoms with E-state index < -0.39 is 0 Å². The molecule has 0 aliphatic rings. The van der Waals surface area contributed by atoms with Gasteiger partial charge in [-0.05, 0) is 0 Å². The van der Waals surface area contributed by atoms with Gasteiger partial charge in [0.15, 0.2) is 0 Å². The summed E-state index contributed by atoms with van der Waals surface area (Å²) >= 11 is 1.58. The Hall–Kier alpha value is -1.29. The number of hydrogen-bond donors (Lipinski definition) is 0. The van der Waals surface area contributed by atoms with Gasteiger partial charge in [0.2, 0.25) is 0 Å². The van der Waals surface area contributed by atoms with Crippen molar-refractivity contribution in [3.8, 4) is 0 Å². The van der Waals surface area contributed by atoms with Gasteiger partial charge in [-0.15, -0.1) is 0 Å². The van der Waals surface area contributed by atoms with Gasteiger partial charge < -0.3 is 0 Å². The van der Waals surface area contributed by atoms with E-state index in [2.05, 4.69) is 46.0 Å². The van der Waals surface area contributed by atoms with E-state index in [0.29, 0.717) is 0 Å². The molecular weight excluding hydrogens is 364 g/mol. The van der Waals surface area contributed by atoms with Crippen molar-refractivity contribution >= 4 is 40.7 Å².